The monoisotopic (exact) mass is 380 g/mol. The summed E-state index contributed by atoms with van der Waals surface area (Å²) in [6.45, 7) is 2.90. The van der Waals surface area contributed by atoms with Crippen LogP contribution < -0.4 is 16.5 Å². The summed E-state index contributed by atoms with van der Waals surface area (Å²) in [4.78, 5) is 36.7. The van der Waals surface area contributed by atoms with Gasteiger partial charge in [0, 0.05) is 19.5 Å². The average Bonchev–Trinajstić information content (AvgIpc) is 2.97. The first-order valence-corrected chi connectivity index (χ1v) is 9.40. The van der Waals surface area contributed by atoms with Crippen molar-refractivity contribution in [2.45, 2.75) is 39.3 Å². The number of amides is 2. The van der Waals surface area contributed by atoms with Crippen molar-refractivity contribution >= 4 is 22.8 Å². The van der Waals surface area contributed by atoms with Gasteiger partial charge in [0.15, 0.2) is 0 Å². The zero-order valence-corrected chi connectivity index (χ0v) is 15.9. The van der Waals surface area contributed by atoms with Crippen molar-refractivity contribution in [3.63, 3.8) is 0 Å². The lowest BCUT2D eigenvalue weighted by molar-refractivity contribution is -0.128. The SMILES string of the molecule is CCCn1c(=O)n(CCC(=O)NNC(=O)Cc2ccccc2)c2ccccc21. The van der Waals surface area contributed by atoms with Gasteiger partial charge in [0.1, 0.15) is 0 Å². The summed E-state index contributed by atoms with van der Waals surface area (Å²) in [5, 5.41) is 0. The predicted octanol–water partition coefficient (Wildman–Crippen LogP) is 1.99. The van der Waals surface area contributed by atoms with Crippen LogP contribution in [0.2, 0.25) is 0 Å². The van der Waals surface area contributed by atoms with E-state index >= 15 is 0 Å². The number of hydrogen-bond acceptors (Lipinski definition) is 3. The van der Waals surface area contributed by atoms with E-state index in [1.54, 1.807) is 9.13 Å². The highest BCUT2D eigenvalue weighted by molar-refractivity contribution is 5.83. The Hall–Kier alpha value is -3.35. The lowest BCUT2D eigenvalue weighted by Crippen LogP contribution is -2.42. The third-order valence-corrected chi connectivity index (χ3v) is 4.48. The quantitative estimate of drug-likeness (QED) is 0.615. The van der Waals surface area contributed by atoms with Gasteiger partial charge < -0.3 is 0 Å². The van der Waals surface area contributed by atoms with Crippen molar-refractivity contribution in [2.75, 3.05) is 0 Å². The van der Waals surface area contributed by atoms with E-state index in [0.717, 1.165) is 23.0 Å². The number of aromatic nitrogens is 2. The van der Waals surface area contributed by atoms with Crippen LogP contribution in [0.15, 0.2) is 59.4 Å². The van der Waals surface area contributed by atoms with Crippen LogP contribution in [0.1, 0.15) is 25.3 Å². The zero-order chi connectivity index (χ0) is 19.9. The van der Waals surface area contributed by atoms with Gasteiger partial charge >= 0.3 is 5.69 Å². The van der Waals surface area contributed by atoms with Crippen LogP contribution in [0.3, 0.4) is 0 Å². The minimum Gasteiger partial charge on any atom is -0.292 e. The maximum absolute atomic E-state index is 12.7. The molecule has 2 amide bonds. The molecule has 0 aliphatic rings. The maximum Gasteiger partial charge on any atom is 0.329 e. The molecule has 2 aromatic carbocycles. The van der Waals surface area contributed by atoms with Gasteiger partial charge in [-0.3, -0.25) is 29.6 Å². The second-order valence-electron chi connectivity index (χ2n) is 6.58. The Balaban J connectivity index is 1.58. The summed E-state index contributed by atoms with van der Waals surface area (Å²) in [5.41, 5.74) is 7.24. The molecule has 7 heteroatoms. The number of fused-ring (bicyclic) bond motifs is 1. The minimum atomic E-state index is -0.347. The minimum absolute atomic E-state index is 0.0889. The second-order valence-corrected chi connectivity index (χ2v) is 6.58. The van der Waals surface area contributed by atoms with Crippen molar-refractivity contribution in [1.82, 2.24) is 20.0 Å². The summed E-state index contributed by atoms with van der Waals surface area (Å²) < 4.78 is 3.34. The summed E-state index contributed by atoms with van der Waals surface area (Å²) in [6, 6.07) is 16.8. The maximum atomic E-state index is 12.7. The van der Waals surface area contributed by atoms with Crippen LogP contribution in [-0.4, -0.2) is 20.9 Å². The van der Waals surface area contributed by atoms with E-state index in [1.165, 1.54) is 0 Å². The first kappa shape index (κ1) is 19.4. The fourth-order valence-corrected chi connectivity index (χ4v) is 3.17. The van der Waals surface area contributed by atoms with E-state index in [9.17, 15) is 14.4 Å². The Morgan fingerprint density at radius 2 is 1.39 bits per heavy atom. The lowest BCUT2D eigenvalue weighted by Gasteiger charge is -2.08. The molecule has 2 N–H and O–H groups in total. The van der Waals surface area contributed by atoms with E-state index in [4.69, 9.17) is 0 Å². The van der Waals surface area contributed by atoms with Crippen LogP contribution >= 0.6 is 0 Å². The van der Waals surface area contributed by atoms with E-state index in [2.05, 4.69) is 10.9 Å². The third-order valence-electron chi connectivity index (χ3n) is 4.48. The smallest absolute Gasteiger partial charge is 0.292 e. The van der Waals surface area contributed by atoms with Crippen molar-refractivity contribution in [3.8, 4) is 0 Å². The van der Waals surface area contributed by atoms with Gasteiger partial charge in [-0.2, -0.15) is 0 Å². The number of carbonyl (C=O) groups is 2. The number of benzene rings is 2. The molecule has 7 nitrogen and oxygen atoms in total. The average molecular weight is 380 g/mol. The summed E-state index contributed by atoms with van der Waals surface area (Å²) in [6.07, 6.45) is 1.12. The molecular formula is C21H24N4O3. The van der Waals surface area contributed by atoms with Crippen molar-refractivity contribution in [3.05, 3.63) is 70.6 Å². The Labute approximate surface area is 162 Å². The number of aryl methyl sites for hydroxylation is 2. The van der Waals surface area contributed by atoms with Gasteiger partial charge in [-0.25, -0.2) is 4.79 Å². The van der Waals surface area contributed by atoms with Crippen LogP contribution in [0.25, 0.3) is 11.0 Å². The zero-order valence-electron chi connectivity index (χ0n) is 15.9. The Morgan fingerprint density at radius 1 is 0.821 bits per heavy atom. The summed E-state index contributed by atoms with van der Waals surface area (Å²) in [7, 11) is 0. The fourth-order valence-electron chi connectivity index (χ4n) is 3.17. The number of carbonyl (C=O) groups excluding carboxylic acids is 2. The van der Waals surface area contributed by atoms with Gasteiger partial charge in [0.25, 0.3) is 0 Å². The van der Waals surface area contributed by atoms with Crippen LogP contribution in [0.4, 0.5) is 0 Å². The van der Waals surface area contributed by atoms with Gasteiger partial charge in [-0.1, -0.05) is 49.4 Å². The highest BCUT2D eigenvalue weighted by Crippen LogP contribution is 2.13. The van der Waals surface area contributed by atoms with Crippen molar-refractivity contribution in [2.24, 2.45) is 0 Å². The molecule has 0 saturated heterocycles. The largest absolute Gasteiger partial charge is 0.329 e. The van der Waals surface area contributed by atoms with E-state index in [0.29, 0.717) is 6.54 Å². The molecule has 0 atom stereocenters. The molecule has 1 aromatic heterocycles. The predicted molar refractivity (Wildman–Crippen MR) is 108 cm³/mol. The molecule has 0 spiro atoms. The normalized spacial score (nSPS) is 10.8. The van der Waals surface area contributed by atoms with Crippen molar-refractivity contribution < 1.29 is 9.59 Å². The molecule has 0 unspecified atom stereocenters. The first-order chi connectivity index (χ1) is 13.6. The Bertz CT molecular complexity index is 1020. The molecule has 0 fully saturated rings. The molecule has 0 aliphatic carbocycles. The number of rotatable bonds is 7. The number of hydrazine groups is 1. The highest BCUT2D eigenvalue weighted by atomic mass is 16.2. The second kappa shape index (κ2) is 9.03. The van der Waals surface area contributed by atoms with Gasteiger partial charge in [-0.15, -0.1) is 0 Å². The summed E-state index contributed by atoms with van der Waals surface area (Å²) >= 11 is 0. The molecular weight excluding hydrogens is 356 g/mol. The summed E-state index contributed by atoms with van der Waals surface area (Å²) in [5.74, 6) is -0.642. The standard InChI is InChI=1S/C21H24N4O3/c1-2-13-24-17-10-6-7-11-18(17)25(21(24)28)14-12-19(26)22-23-20(27)15-16-8-4-3-5-9-16/h3-11H,2,12-15H2,1H3,(H,22,26)(H,23,27). The molecule has 1 heterocycles. The fraction of sp³-hybridized carbons (Fsp3) is 0.286. The van der Waals surface area contributed by atoms with Gasteiger partial charge in [0.2, 0.25) is 11.8 Å². The van der Waals surface area contributed by atoms with Gasteiger partial charge in [0.05, 0.1) is 17.5 Å². The van der Waals surface area contributed by atoms with Crippen LogP contribution in [0.5, 0.6) is 0 Å². The first-order valence-electron chi connectivity index (χ1n) is 9.40. The molecule has 28 heavy (non-hydrogen) atoms. The number of para-hydroxylation sites is 2. The number of hydrogen-bond donors (Lipinski definition) is 2. The van der Waals surface area contributed by atoms with E-state index < -0.39 is 0 Å². The number of nitrogens with one attached hydrogen (secondary N) is 2. The Kier molecular flexibility index (Phi) is 6.26. The molecule has 3 aromatic rings. The van der Waals surface area contributed by atoms with Gasteiger partial charge in [-0.05, 0) is 24.1 Å². The van der Waals surface area contributed by atoms with Crippen LogP contribution in [-0.2, 0) is 29.1 Å². The molecule has 0 saturated carbocycles. The van der Waals surface area contributed by atoms with E-state index in [-0.39, 0.29) is 36.9 Å². The highest BCUT2D eigenvalue weighted by Gasteiger charge is 2.13. The number of imidazole rings is 1. The van der Waals surface area contributed by atoms with Crippen molar-refractivity contribution in [1.29, 1.82) is 0 Å². The molecule has 0 radical (unpaired) electrons. The molecule has 146 valence electrons. The third kappa shape index (κ3) is 4.49. The number of nitrogens with zero attached hydrogens (tertiary/aromatic N) is 2. The molecule has 0 bridgehead atoms. The topological polar surface area (TPSA) is 85.1 Å². The Morgan fingerprint density at radius 3 is 2.04 bits per heavy atom. The lowest BCUT2D eigenvalue weighted by atomic mass is 10.1. The van der Waals surface area contributed by atoms with Crippen LogP contribution in [0, 0.1) is 0 Å². The van der Waals surface area contributed by atoms with E-state index in [1.807, 2.05) is 61.5 Å². The molecule has 3 rings (SSSR count). The molecule has 0 aliphatic heterocycles.